The van der Waals surface area contributed by atoms with Gasteiger partial charge in [-0.2, -0.15) is 13.2 Å². The van der Waals surface area contributed by atoms with Gasteiger partial charge in [-0.3, -0.25) is 19.2 Å². The highest BCUT2D eigenvalue weighted by Crippen LogP contribution is 2.35. The third-order valence-electron chi connectivity index (χ3n) is 9.26. The minimum atomic E-state index is -4.67. The molecular formula is C35H43F3N4O5. The Hall–Kier alpha value is -4.09. The molecule has 9 nitrogen and oxygen atoms in total. The maximum absolute atomic E-state index is 14.0. The summed E-state index contributed by atoms with van der Waals surface area (Å²) in [6, 6.07) is 11.0. The van der Waals surface area contributed by atoms with E-state index in [0.717, 1.165) is 18.2 Å². The lowest BCUT2D eigenvalue weighted by Gasteiger charge is -2.43. The van der Waals surface area contributed by atoms with Gasteiger partial charge in [0.25, 0.3) is 11.8 Å². The van der Waals surface area contributed by atoms with Crippen LogP contribution >= 0.6 is 0 Å². The Kier molecular flexibility index (Phi) is 10.2. The van der Waals surface area contributed by atoms with E-state index in [1.807, 2.05) is 31.7 Å². The molecule has 3 heterocycles. The molecule has 2 fully saturated rings. The number of rotatable bonds is 2. The predicted molar refractivity (Wildman–Crippen MR) is 169 cm³/mol. The van der Waals surface area contributed by atoms with Crippen LogP contribution in [0.15, 0.2) is 48.5 Å². The van der Waals surface area contributed by atoms with Crippen molar-refractivity contribution in [1.82, 2.24) is 20.0 Å². The summed E-state index contributed by atoms with van der Waals surface area (Å²) in [7, 11) is 0. The van der Waals surface area contributed by atoms with Crippen LogP contribution in [0.1, 0.15) is 72.7 Å². The minimum absolute atomic E-state index is 0.0377. The lowest BCUT2D eigenvalue weighted by atomic mass is 9.80. The number of halogens is 3. The quantitative estimate of drug-likeness (QED) is 0.498. The number of fused-ring (bicyclic) bond motifs is 3. The van der Waals surface area contributed by atoms with Crippen LogP contribution < -0.4 is 10.1 Å². The van der Waals surface area contributed by atoms with E-state index < -0.39 is 23.7 Å². The maximum Gasteiger partial charge on any atom is 0.416 e. The van der Waals surface area contributed by atoms with Gasteiger partial charge in [0.1, 0.15) is 12.4 Å². The Bertz CT molecular complexity index is 1480. The Morgan fingerprint density at radius 2 is 1.66 bits per heavy atom. The second kappa shape index (κ2) is 13.9. The molecule has 2 saturated heterocycles. The zero-order valence-electron chi connectivity index (χ0n) is 27.1. The van der Waals surface area contributed by atoms with E-state index in [9.17, 15) is 32.3 Å². The summed E-state index contributed by atoms with van der Waals surface area (Å²) in [4.78, 5) is 59.0. The number of carbonyl (C=O) groups is 4. The van der Waals surface area contributed by atoms with Crippen LogP contribution in [0, 0.1) is 17.3 Å². The smallest absolute Gasteiger partial charge is 0.416 e. The van der Waals surface area contributed by atoms with Crippen molar-refractivity contribution in [2.75, 3.05) is 45.9 Å². The second-order valence-electron chi connectivity index (χ2n) is 14.0. The van der Waals surface area contributed by atoms with Gasteiger partial charge in [-0.05, 0) is 60.4 Å². The third kappa shape index (κ3) is 8.44. The Labute approximate surface area is 273 Å². The summed E-state index contributed by atoms with van der Waals surface area (Å²) in [5, 5.41) is 2.76. The molecule has 3 aliphatic rings. The van der Waals surface area contributed by atoms with E-state index in [4.69, 9.17) is 4.74 Å². The number of carbonyl (C=O) groups excluding carboxylic acids is 4. The number of nitrogens with zero attached hydrogens (tertiary/aromatic N) is 3. The van der Waals surface area contributed by atoms with Crippen LogP contribution in [0.3, 0.4) is 0 Å². The Morgan fingerprint density at radius 3 is 2.36 bits per heavy atom. The number of piperazine rings is 1. The summed E-state index contributed by atoms with van der Waals surface area (Å²) in [5.41, 5.74) is -0.924. The fourth-order valence-corrected chi connectivity index (χ4v) is 6.75. The molecule has 47 heavy (non-hydrogen) atoms. The molecule has 0 saturated carbocycles. The van der Waals surface area contributed by atoms with Crippen LogP contribution in [-0.4, -0.2) is 90.2 Å². The second-order valence-corrected chi connectivity index (χ2v) is 14.0. The molecule has 0 aliphatic carbocycles. The lowest BCUT2D eigenvalue weighted by Crippen LogP contribution is -2.59. The van der Waals surface area contributed by atoms with Gasteiger partial charge >= 0.3 is 6.18 Å². The molecule has 2 aromatic rings. The first-order chi connectivity index (χ1) is 22.2. The minimum Gasteiger partial charge on any atom is -0.491 e. The number of amides is 4. The summed E-state index contributed by atoms with van der Waals surface area (Å²) in [6.45, 7) is 7.73. The molecule has 254 valence electrons. The maximum atomic E-state index is 14.0. The molecule has 3 atom stereocenters. The van der Waals surface area contributed by atoms with E-state index in [1.54, 1.807) is 34.1 Å². The first-order valence-corrected chi connectivity index (χ1v) is 16.2. The summed E-state index contributed by atoms with van der Waals surface area (Å²) < 4.78 is 47.0. The molecule has 12 heteroatoms. The van der Waals surface area contributed by atoms with Gasteiger partial charge in [0.15, 0.2) is 0 Å². The van der Waals surface area contributed by atoms with Crippen molar-refractivity contribution in [2.45, 2.75) is 58.7 Å². The molecule has 0 spiro atoms. The molecule has 5 rings (SSSR count). The zero-order valence-corrected chi connectivity index (χ0v) is 27.1. The van der Waals surface area contributed by atoms with Gasteiger partial charge < -0.3 is 24.8 Å². The van der Waals surface area contributed by atoms with E-state index >= 15 is 0 Å². The van der Waals surface area contributed by atoms with Crippen LogP contribution in [0.25, 0.3) is 0 Å². The van der Waals surface area contributed by atoms with Crippen molar-refractivity contribution in [1.29, 1.82) is 0 Å². The van der Waals surface area contributed by atoms with Gasteiger partial charge in [0, 0.05) is 57.7 Å². The number of hydrogen-bond acceptors (Lipinski definition) is 5. The summed E-state index contributed by atoms with van der Waals surface area (Å²) in [5.74, 6) is -1.15. The number of hydrogen-bond donors (Lipinski definition) is 1. The number of ether oxygens (including phenoxy) is 1. The summed E-state index contributed by atoms with van der Waals surface area (Å²) >= 11 is 0. The average Bonchev–Trinajstić information content (AvgIpc) is 3.02. The fraction of sp³-hybridized carbons (Fsp3) is 0.543. The van der Waals surface area contributed by atoms with Gasteiger partial charge in [-0.25, -0.2) is 0 Å². The van der Waals surface area contributed by atoms with Crippen molar-refractivity contribution in [3.8, 4) is 5.75 Å². The number of alkyl halides is 3. The lowest BCUT2D eigenvalue weighted by molar-refractivity contribution is -0.140. The van der Waals surface area contributed by atoms with Crippen molar-refractivity contribution in [3.63, 3.8) is 0 Å². The van der Waals surface area contributed by atoms with Crippen LogP contribution in [0.2, 0.25) is 0 Å². The van der Waals surface area contributed by atoms with Crippen molar-refractivity contribution < 1.29 is 37.1 Å². The highest BCUT2D eigenvalue weighted by atomic mass is 19.4. The number of likely N-dealkylation sites (tertiary alicyclic amines) is 1. The zero-order chi connectivity index (χ0) is 33.9. The van der Waals surface area contributed by atoms with Gasteiger partial charge in [-0.15, -0.1) is 0 Å². The molecule has 0 radical (unpaired) electrons. The standard InChI is InChI=1S/C35H43F3N4O5/c1-34(2,3)19-31(44)40-14-12-24-17-30(43)42-16-15-41(33(46)23-7-5-4-6-8-23)21-27(42)22-47-29-10-9-26(35(36,37)38)18-28(29)32(45)39-13-11-25(24)20-40/h4-10,18,24-25,27H,11-17,19-22H2,1-3H3,(H,39,45)/t24-,25-,27-/m0/s1. The van der Waals surface area contributed by atoms with Crippen molar-refractivity contribution >= 4 is 23.6 Å². The molecule has 0 aromatic heterocycles. The van der Waals surface area contributed by atoms with E-state index in [-0.39, 0.29) is 78.9 Å². The summed E-state index contributed by atoms with van der Waals surface area (Å²) in [6.07, 6.45) is -2.98. The molecule has 3 aliphatic heterocycles. The first kappa shape index (κ1) is 34.3. The van der Waals surface area contributed by atoms with E-state index in [1.165, 1.54) is 0 Å². The van der Waals surface area contributed by atoms with Crippen molar-refractivity contribution in [3.05, 3.63) is 65.2 Å². The fourth-order valence-electron chi connectivity index (χ4n) is 6.75. The third-order valence-corrected chi connectivity index (χ3v) is 9.26. The van der Waals surface area contributed by atoms with Crippen molar-refractivity contribution in [2.24, 2.45) is 17.3 Å². The van der Waals surface area contributed by atoms with Crippen LogP contribution in [-0.2, 0) is 15.8 Å². The predicted octanol–water partition coefficient (Wildman–Crippen LogP) is 4.86. The number of nitrogens with one attached hydrogen (secondary N) is 1. The molecular weight excluding hydrogens is 613 g/mol. The normalized spacial score (nSPS) is 23.0. The molecule has 0 unspecified atom stereocenters. The highest BCUT2D eigenvalue weighted by molar-refractivity contribution is 5.97. The highest BCUT2D eigenvalue weighted by Gasteiger charge is 2.39. The topological polar surface area (TPSA) is 99.3 Å². The molecule has 1 N–H and O–H groups in total. The Balaban J connectivity index is 1.44. The average molecular weight is 657 g/mol. The first-order valence-electron chi connectivity index (χ1n) is 16.2. The molecule has 0 bridgehead atoms. The number of piperidine rings is 1. The molecule has 4 amide bonds. The van der Waals surface area contributed by atoms with E-state index in [2.05, 4.69) is 5.32 Å². The molecule has 2 aromatic carbocycles. The van der Waals surface area contributed by atoms with Gasteiger partial charge in [0.2, 0.25) is 11.8 Å². The SMILES string of the molecule is CC(C)(C)CC(=O)N1CC[C@H]2CC(=O)N3CCN(C(=O)c4ccccc4)C[C@H]3COc3ccc(C(F)(F)F)cc3C(=O)NCC[C@H]2C1. The van der Waals surface area contributed by atoms with Gasteiger partial charge in [0.05, 0.1) is 17.2 Å². The van der Waals surface area contributed by atoms with Gasteiger partial charge in [-0.1, -0.05) is 39.0 Å². The van der Waals surface area contributed by atoms with Crippen LogP contribution in [0.5, 0.6) is 5.75 Å². The van der Waals surface area contributed by atoms with E-state index in [0.29, 0.717) is 44.5 Å². The largest absolute Gasteiger partial charge is 0.491 e. The monoisotopic (exact) mass is 656 g/mol. The number of benzene rings is 2. The Morgan fingerprint density at radius 1 is 0.915 bits per heavy atom. The van der Waals surface area contributed by atoms with Crippen LogP contribution in [0.4, 0.5) is 13.2 Å².